The molecule has 0 saturated carbocycles. The molecule has 0 spiro atoms. The Morgan fingerprint density at radius 2 is 1.81 bits per heavy atom. The molecule has 3 aromatic rings. The maximum Gasteiger partial charge on any atom is 0.226 e. The van der Waals surface area contributed by atoms with Gasteiger partial charge in [0.2, 0.25) is 5.28 Å². The van der Waals surface area contributed by atoms with E-state index >= 15 is 0 Å². The molecule has 2 aromatic heterocycles. The molecule has 170 valence electrons. The Hall–Kier alpha value is -2.54. The SMILES string of the molecule is OC[C@H]1O[C@@H](n2cnc3c(NN4CCN(c5ccccc5)CC4)nc(Cl)nc32)C(O)C1O. The number of aliphatic hydroxyl groups excluding tert-OH is 3. The number of aromatic nitrogens is 4. The lowest BCUT2D eigenvalue weighted by Gasteiger charge is -2.36. The van der Waals surface area contributed by atoms with Crippen LogP contribution in [-0.2, 0) is 4.74 Å². The summed E-state index contributed by atoms with van der Waals surface area (Å²) in [6.45, 7) is 2.78. The lowest BCUT2D eigenvalue weighted by Crippen LogP contribution is -2.48. The highest BCUT2D eigenvalue weighted by atomic mass is 35.5. The number of ether oxygens (including phenoxy) is 1. The quantitative estimate of drug-likeness (QED) is 0.392. The van der Waals surface area contributed by atoms with E-state index in [1.54, 1.807) is 0 Å². The van der Waals surface area contributed by atoms with Crippen molar-refractivity contribution in [3.63, 3.8) is 0 Å². The Balaban J connectivity index is 1.35. The number of hydrogen-bond acceptors (Lipinski definition) is 10. The number of imidazole rings is 1. The van der Waals surface area contributed by atoms with Gasteiger partial charge >= 0.3 is 0 Å². The van der Waals surface area contributed by atoms with Gasteiger partial charge in [-0.15, -0.1) is 0 Å². The van der Waals surface area contributed by atoms with Crippen molar-refractivity contribution in [3.8, 4) is 0 Å². The van der Waals surface area contributed by atoms with Crippen LogP contribution in [0.4, 0.5) is 11.5 Å². The second-order valence-electron chi connectivity index (χ2n) is 7.82. The number of nitrogens with one attached hydrogen (secondary N) is 1. The molecule has 1 aromatic carbocycles. The minimum Gasteiger partial charge on any atom is -0.394 e. The number of anilines is 2. The highest BCUT2D eigenvalue weighted by molar-refractivity contribution is 6.28. The van der Waals surface area contributed by atoms with Gasteiger partial charge in [-0.05, 0) is 23.7 Å². The zero-order valence-corrected chi connectivity index (χ0v) is 17.9. The first-order chi connectivity index (χ1) is 15.5. The van der Waals surface area contributed by atoms with E-state index in [-0.39, 0.29) is 5.28 Å². The van der Waals surface area contributed by atoms with Crippen LogP contribution < -0.4 is 10.3 Å². The fourth-order valence-corrected chi connectivity index (χ4v) is 4.29. The lowest BCUT2D eigenvalue weighted by molar-refractivity contribution is -0.0511. The molecule has 2 fully saturated rings. The smallest absolute Gasteiger partial charge is 0.226 e. The van der Waals surface area contributed by atoms with Gasteiger partial charge in [-0.1, -0.05) is 18.2 Å². The van der Waals surface area contributed by atoms with E-state index in [4.69, 9.17) is 16.3 Å². The molecular weight excluding hydrogens is 438 g/mol. The average Bonchev–Trinajstić information content (AvgIpc) is 3.35. The van der Waals surface area contributed by atoms with Crippen molar-refractivity contribution in [2.75, 3.05) is 43.1 Å². The highest BCUT2D eigenvalue weighted by Crippen LogP contribution is 2.33. The summed E-state index contributed by atoms with van der Waals surface area (Å²) >= 11 is 6.18. The zero-order valence-electron chi connectivity index (χ0n) is 17.1. The number of hydrogen-bond donors (Lipinski definition) is 4. The second kappa shape index (κ2) is 8.77. The standard InChI is InChI=1S/C20H24ClN7O4/c21-20-23-17(25-27-8-6-26(7-9-27)12-4-2-1-3-5-12)14-18(24-20)28(11-22-14)19-16(31)15(30)13(10-29)32-19/h1-5,11,13,15-16,19,29-31H,6-10H2,(H,23,24,25)/t13-,15?,16?,19-/m1/s1. The van der Waals surface area contributed by atoms with Crippen LogP contribution in [0.2, 0.25) is 5.28 Å². The molecule has 0 bridgehead atoms. The first kappa shape index (κ1) is 21.3. The van der Waals surface area contributed by atoms with E-state index < -0.39 is 31.1 Å². The normalized spacial score (nSPS) is 26.7. The Morgan fingerprint density at radius 1 is 1.06 bits per heavy atom. The Bertz CT molecular complexity index is 1080. The van der Waals surface area contributed by atoms with Crippen molar-refractivity contribution in [1.82, 2.24) is 24.5 Å². The molecule has 2 aliphatic heterocycles. The molecule has 0 aliphatic carbocycles. The molecule has 2 unspecified atom stereocenters. The number of para-hydroxylation sites is 1. The van der Waals surface area contributed by atoms with Gasteiger partial charge < -0.3 is 30.4 Å². The molecule has 4 atom stereocenters. The summed E-state index contributed by atoms with van der Waals surface area (Å²) in [5.41, 5.74) is 5.28. The minimum atomic E-state index is -1.25. The number of hydrazine groups is 1. The third kappa shape index (κ3) is 3.87. The minimum absolute atomic E-state index is 0.0106. The van der Waals surface area contributed by atoms with Gasteiger partial charge in [0.25, 0.3) is 0 Å². The van der Waals surface area contributed by atoms with Crippen LogP contribution in [0.5, 0.6) is 0 Å². The number of piperazine rings is 1. The summed E-state index contributed by atoms with van der Waals surface area (Å²) in [7, 11) is 0. The van der Waals surface area contributed by atoms with Crippen molar-refractivity contribution in [1.29, 1.82) is 0 Å². The van der Waals surface area contributed by atoms with Crippen molar-refractivity contribution in [2.45, 2.75) is 24.5 Å². The van der Waals surface area contributed by atoms with Crippen molar-refractivity contribution < 1.29 is 20.1 Å². The summed E-state index contributed by atoms with van der Waals surface area (Å²) < 4.78 is 7.10. The highest BCUT2D eigenvalue weighted by Gasteiger charge is 2.44. The first-order valence-electron chi connectivity index (χ1n) is 10.4. The molecule has 32 heavy (non-hydrogen) atoms. The molecule has 0 radical (unpaired) electrons. The maximum atomic E-state index is 10.4. The van der Waals surface area contributed by atoms with Gasteiger partial charge in [-0.2, -0.15) is 9.97 Å². The van der Waals surface area contributed by atoms with Gasteiger partial charge in [0.1, 0.15) is 18.3 Å². The predicted octanol–water partition coefficient (Wildman–Crippen LogP) is 0.240. The Morgan fingerprint density at radius 3 is 2.50 bits per heavy atom. The summed E-state index contributed by atoms with van der Waals surface area (Å²) in [5, 5.41) is 31.9. The second-order valence-corrected chi connectivity index (χ2v) is 8.15. The predicted molar refractivity (Wildman–Crippen MR) is 117 cm³/mol. The van der Waals surface area contributed by atoms with Crippen LogP contribution in [-0.4, -0.2) is 90.9 Å². The largest absolute Gasteiger partial charge is 0.394 e. The molecule has 5 rings (SSSR count). The number of aliphatic hydroxyl groups is 3. The van der Waals surface area contributed by atoms with Crippen LogP contribution >= 0.6 is 11.6 Å². The lowest BCUT2D eigenvalue weighted by atomic mass is 10.1. The van der Waals surface area contributed by atoms with E-state index in [1.807, 2.05) is 23.2 Å². The fourth-order valence-electron chi connectivity index (χ4n) is 4.13. The van der Waals surface area contributed by atoms with Gasteiger partial charge in [-0.3, -0.25) is 4.57 Å². The number of rotatable bonds is 5. The topological polar surface area (TPSA) is 132 Å². The molecule has 2 saturated heterocycles. The van der Waals surface area contributed by atoms with E-state index in [0.717, 1.165) is 26.2 Å². The summed E-state index contributed by atoms with van der Waals surface area (Å²) in [6, 6.07) is 10.3. The van der Waals surface area contributed by atoms with Crippen molar-refractivity contribution in [3.05, 3.63) is 41.9 Å². The number of nitrogens with zero attached hydrogens (tertiary/aromatic N) is 6. The molecule has 4 N–H and O–H groups in total. The van der Waals surface area contributed by atoms with Gasteiger partial charge in [-0.25, -0.2) is 9.99 Å². The van der Waals surface area contributed by atoms with Gasteiger partial charge in [0, 0.05) is 31.9 Å². The summed E-state index contributed by atoms with van der Waals surface area (Å²) in [5.74, 6) is 0.443. The molecule has 12 heteroatoms. The Labute approximate surface area is 188 Å². The number of halogens is 1. The maximum absolute atomic E-state index is 10.4. The Kier molecular flexibility index (Phi) is 5.84. The van der Waals surface area contributed by atoms with Crippen molar-refractivity contribution in [2.24, 2.45) is 0 Å². The zero-order chi connectivity index (χ0) is 22.2. The van der Waals surface area contributed by atoms with Gasteiger partial charge in [0.05, 0.1) is 12.9 Å². The van der Waals surface area contributed by atoms with Crippen LogP contribution in [0.15, 0.2) is 36.7 Å². The number of fused-ring (bicyclic) bond motifs is 1. The molecule has 2 aliphatic rings. The summed E-state index contributed by atoms with van der Waals surface area (Å²) in [6.07, 6.45) is -2.88. The van der Waals surface area contributed by atoms with E-state index in [2.05, 4.69) is 37.4 Å². The molecule has 4 heterocycles. The van der Waals surface area contributed by atoms with E-state index in [1.165, 1.54) is 16.6 Å². The van der Waals surface area contributed by atoms with Crippen molar-refractivity contribution >= 4 is 34.3 Å². The average molecular weight is 462 g/mol. The third-order valence-corrected chi connectivity index (χ3v) is 6.02. The molecule has 0 amide bonds. The van der Waals surface area contributed by atoms with Crippen LogP contribution in [0.1, 0.15) is 6.23 Å². The van der Waals surface area contributed by atoms with Crippen LogP contribution in [0, 0.1) is 0 Å². The van der Waals surface area contributed by atoms with E-state index in [9.17, 15) is 15.3 Å². The van der Waals surface area contributed by atoms with Gasteiger partial charge in [0.15, 0.2) is 23.2 Å². The van der Waals surface area contributed by atoms with Crippen LogP contribution in [0.3, 0.4) is 0 Å². The third-order valence-electron chi connectivity index (χ3n) is 5.85. The molecule has 11 nitrogen and oxygen atoms in total. The van der Waals surface area contributed by atoms with E-state index in [0.29, 0.717) is 17.0 Å². The monoisotopic (exact) mass is 461 g/mol. The number of benzene rings is 1. The molecular formula is C20H24ClN7O4. The fraction of sp³-hybridized carbons (Fsp3) is 0.450. The summed E-state index contributed by atoms with van der Waals surface area (Å²) in [4.78, 5) is 15.2. The first-order valence-corrected chi connectivity index (χ1v) is 10.8. The van der Waals surface area contributed by atoms with Crippen LogP contribution in [0.25, 0.3) is 11.2 Å².